The van der Waals surface area contributed by atoms with Gasteiger partial charge in [-0.25, -0.2) is 13.1 Å². The smallest absolute Gasteiger partial charge is 0.243 e. The Kier molecular flexibility index (Phi) is 3.41. The van der Waals surface area contributed by atoms with Crippen LogP contribution in [0.1, 0.15) is 25.0 Å². The Morgan fingerprint density at radius 3 is 2.76 bits per heavy atom. The number of hydrogen-bond acceptors (Lipinski definition) is 4. The van der Waals surface area contributed by atoms with Gasteiger partial charge in [-0.05, 0) is 25.0 Å². The molecule has 0 saturated heterocycles. The Morgan fingerprint density at radius 1 is 1.53 bits per heavy atom. The van der Waals surface area contributed by atoms with Crippen molar-refractivity contribution < 1.29 is 8.42 Å². The SMILES string of the molecule is NC(=S)c1ncccc1S(=O)(=O)NC1CCC1. The third-order valence-corrected chi connectivity index (χ3v) is 4.47. The molecule has 1 saturated carbocycles. The van der Waals surface area contributed by atoms with Gasteiger partial charge in [0.15, 0.2) is 0 Å². The van der Waals surface area contributed by atoms with Crippen LogP contribution < -0.4 is 10.5 Å². The van der Waals surface area contributed by atoms with E-state index in [1.165, 1.54) is 12.3 Å². The molecule has 1 fully saturated rings. The molecule has 0 aromatic carbocycles. The lowest BCUT2D eigenvalue weighted by Gasteiger charge is -2.26. The second-order valence-electron chi connectivity index (χ2n) is 3.96. The molecule has 1 aliphatic rings. The van der Waals surface area contributed by atoms with E-state index < -0.39 is 10.0 Å². The minimum atomic E-state index is -3.58. The summed E-state index contributed by atoms with van der Waals surface area (Å²) in [6.07, 6.45) is 4.28. The lowest BCUT2D eigenvalue weighted by molar-refractivity contribution is 0.383. The first kappa shape index (κ1) is 12.4. The van der Waals surface area contributed by atoms with Crippen molar-refractivity contribution in [2.24, 2.45) is 5.73 Å². The average Bonchev–Trinajstić information content (AvgIpc) is 2.24. The van der Waals surface area contributed by atoms with Gasteiger partial charge in [-0.2, -0.15) is 0 Å². The molecule has 2 rings (SSSR count). The Balaban J connectivity index is 2.34. The lowest BCUT2D eigenvalue weighted by atomic mass is 9.94. The zero-order chi connectivity index (χ0) is 12.5. The fourth-order valence-corrected chi connectivity index (χ4v) is 3.31. The molecule has 5 nitrogen and oxygen atoms in total. The monoisotopic (exact) mass is 271 g/mol. The molecule has 7 heteroatoms. The lowest BCUT2D eigenvalue weighted by Crippen LogP contribution is -2.40. The maximum atomic E-state index is 12.1. The average molecular weight is 271 g/mol. The van der Waals surface area contributed by atoms with Crippen LogP contribution in [-0.4, -0.2) is 24.4 Å². The summed E-state index contributed by atoms with van der Waals surface area (Å²) >= 11 is 4.80. The summed E-state index contributed by atoms with van der Waals surface area (Å²) in [6.45, 7) is 0. The summed E-state index contributed by atoms with van der Waals surface area (Å²) in [6, 6.07) is 3.04. The van der Waals surface area contributed by atoms with Gasteiger partial charge < -0.3 is 5.73 Å². The fraction of sp³-hybridized carbons (Fsp3) is 0.400. The summed E-state index contributed by atoms with van der Waals surface area (Å²) in [7, 11) is -3.58. The van der Waals surface area contributed by atoms with E-state index in [4.69, 9.17) is 18.0 Å². The topological polar surface area (TPSA) is 85.1 Å². The Hall–Kier alpha value is -1.05. The number of nitrogens with one attached hydrogen (secondary N) is 1. The van der Waals surface area contributed by atoms with Crippen LogP contribution in [0.15, 0.2) is 23.2 Å². The highest BCUT2D eigenvalue weighted by Crippen LogP contribution is 2.21. The highest BCUT2D eigenvalue weighted by Gasteiger charge is 2.27. The van der Waals surface area contributed by atoms with Gasteiger partial charge >= 0.3 is 0 Å². The van der Waals surface area contributed by atoms with Crippen molar-refractivity contribution in [3.05, 3.63) is 24.0 Å². The van der Waals surface area contributed by atoms with E-state index in [-0.39, 0.29) is 21.6 Å². The molecule has 0 unspecified atom stereocenters. The maximum Gasteiger partial charge on any atom is 0.243 e. The molecule has 1 aliphatic carbocycles. The fourth-order valence-electron chi connectivity index (χ4n) is 1.60. The van der Waals surface area contributed by atoms with Crippen molar-refractivity contribution in [2.45, 2.75) is 30.2 Å². The molecule has 0 aliphatic heterocycles. The molecule has 92 valence electrons. The number of sulfonamides is 1. The van der Waals surface area contributed by atoms with Crippen molar-refractivity contribution in [3.63, 3.8) is 0 Å². The van der Waals surface area contributed by atoms with Crippen LogP contribution in [0.3, 0.4) is 0 Å². The minimum Gasteiger partial charge on any atom is -0.388 e. The number of pyridine rings is 1. The minimum absolute atomic E-state index is 0.0143. The Morgan fingerprint density at radius 2 is 2.24 bits per heavy atom. The summed E-state index contributed by atoms with van der Waals surface area (Å²) in [5.74, 6) is 0. The zero-order valence-electron chi connectivity index (χ0n) is 9.09. The largest absolute Gasteiger partial charge is 0.388 e. The van der Waals surface area contributed by atoms with Crippen LogP contribution in [0, 0.1) is 0 Å². The molecule has 0 bridgehead atoms. The molecule has 17 heavy (non-hydrogen) atoms. The summed E-state index contributed by atoms with van der Waals surface area (Å²) in [4.78, 5) is 3.95. The van der Waals surface area contributed by atoms with E-state index in [2.05, 4.69) is 9.71 Å². The van der Waals surface area contributed by atoms with E-state index in [1.54, 1.807) is 6.07 Å². The molecular formula is C10H13N3O2S2. The number of nitrogens with zero attached hydrogens (tertiary/aromatic N) is 1. The van der Waals surface area contributed by atoms with Gasteiger partial charge in [0.05, 0.1) is 0 Å². The van der Waals surface area contributed by atoms with Crippen LogP contribution in [-0.2, 0) is 10.0 Å². The Bertz CT molecular complexity index is 538. The molecular weight excluding hydrogens is 258 g/mol. The van der Waals surface area contributed by atoms with Crippen molar-refractivity contribution >= 4 is 27.2 Å². The second-order valence-corrected chi connectivity index (χ2v) is 6.09. The van der Waals surface area contributed by atoms with Gasteiger partial charge in [-0.3, -0.25) is 4.98 Å². The van der Waals surface area contributed by atoms with Gasteiger partial charge in [0.25, 0.3) is 0 Å². The molecule has 0 amide bonds. The predicted molar refractivity (Wildman–Crippen MR) is 68.1 cm³/mol. The zero-order valence-corrected chi connectivity index (χ0v) is 10.7. The maximum absolute atomic E-state index is 12.1. The molecule has 1 aromatic rings. The van der Waals surface area contributed by atoms with Crippen LogP contribution in [0.2, 0.25) is 0 Å². The number of rotatable bonds is 4. The van der Waals surface area contributed by atoms with Crippen LogP contribution in [0.25, 0.3) is 0 Å². The predicted octanol–water partition coefficient (Wildman–Crippen LogP) is 0.547. The van der Waals surface area contributed by atoms with Gasteiger partial charge in [-0.15, -0.1) is 0 Å². The first-order chi connectivity index (χ1) is 8.00. The second kappa shape index (κ2) is 4.67. The third-order valence-electron chi connectivity index (χ3n) is 2.72. The molecule has 0 atom stereocenters. The van der Waals surface area contributed by atoms with E-state index in [0.717, 1.165) is 19.3 Å². The number of nitrogens with two attached hydrogens (primary N) is 1. The number of aromatic nitrogens is 1. The van der Waals surface area contributed by atoms with Crippen molar-refractivity contribution in [1.29, 1.82) is 0 Å². The molecule has 1 heterocycles. The van der Waals surface area contributed by atoms with Crippen LogP contribution >= 0.6 is 12.2 Å². The van der Waals surface area contributed by atoms with Gasteiger partial charge in [0.1, 0.15) is 15.6 Å². The van der Waals surface area contributed by atoms with Crippen LogP contribution in [0.5, 0.6) is 0 Å². The van der Waals surface area contributed by atoms with Crippen molar-refractivity contribution in [2.75, 3.05) is 0 Å². The van der Waals surface area contributed by atoms with E-state index in [9.17, 15) is 8.42 Å². The standard InChI is InChI=1S/C10H13N3O2S2/c11-10(16)9-8(5-2-6-12-9)17(14,15)13-7-3-1-4-7/h2,5-7,13H,1,3-4H2,(H2,11,16). The van der Waals surface area contributed by atoms with Crippen LogP contribution in [0.4, 0.5) is 0 Å². The molecule has 3 N–H and O–H groups in total. The Labute approximate surface area is 105 Å². The van der Waals surface area contributed by atoms with Crippen molar-refractivity contribution in [3.8, 4) is 0 Å². The molecule has 0 spiro atoms. The first-order valence-electron chi connectivity index (χ1n) is 5.28. The van der Waals surface area contributed by atoms with Gasteiger partial charge in [-0.1, -0.05) is 18.6 Å². The highest BCUT2D eigenvalue weighted by atomic mass is 32.2. The van der Waals surface area contributed by atoms with Gasteiger partial charge in [0, 0.05) is 12.2 Å². The van der Waals surface area contributed by atoms with E-state index >= 15 is 0 Å². The summed E-state index contributed by atoms with van der Waals surface area (Å²) in [5, 5.41) is 0. The summed E-state index contributed by atoms with van der Waals surface area (Å²) < 4.78 is 26.8. The third kappa shape index (κ3) is 2.62. The molecule has 0 radical (unpaired) electrons. The molecule has 1 aromatic heterocycles. The van der Waals surface area contributed by atoms with Gasteiger partial charge in [0.2, 0.25) is 10.0 Å². The highest BCUT2D eigenvalue weighted by molar-refractivity contribution is 7.89. The van der Waals surface area contributed by atoms with E-state index in [0.29, 0.717) is 0 Å². The number of hydrogen-bond donors (Lipinski definition) is 2. The first-order valence-corrected chi connectivity index (χ1v) is 7.17. The quantitative estimate of drug-likeness (QED) is 0.781. The van der Waals surface area contributed by atoms with E-state index in [1.807, 2.05) is 0 Å². The van der Waals surface area contributed by atoms with Crippen molar-refractivity contribution in [1.82, 2.24) is 9.71 Å². The normalized spacial score (nSPS) is 16.5. The number of thiocarbonyl (C=S) groups is 1. The summed E-state index contributed by atoms with van der Waals surface area (Å²) in [5.41, 5.74) is 5.61.